The Morgan fingerprint density at radius 2 is 1.43 bits per heavy atom. The van der Waals surface area contributed by atoms with Crippen molar-refractivity contribution in [2.45, 2.75) is 19.1 Å². The van der Waals surface area contributed by atoms with E-state index in [0.29, 0.717) is 28.7 Å². The van der Waals surface area contributed by atoms with E-state index >= 15 is 0 Å². The lowest BCUT2D eigenvalue weighted by atomic mass is 9.78. The van der Waals surface area contributed by atoms with Gasteiger partial charge in [-0.2, -0.15) is 0 Å². The van der Waals surface area contributed by atoms with Gasteiger partial charge in [0.15, 0.2) is 29.2 Å². The zero-order valence-electron chi connectivity index (χ0n) is 20.4. The predicted molar refractivity (Wildman–Crippen MR) is 131 cm³/mol. The Morgan fingerprint density at radius 3 is 2.03 bits per heavy atom. The zero-order chi connectivity index (χ0) is 24.5. The van der Waals surface area contributed by atoms with Crippen LogP contribution in [-0.4, -0.2) is 41.5 Å². The molecule has 8 nitrogen and oxygen atoms in total. The summed E-state index contributed by atoms with van der Waals surface area (Å²) in [5, 5.41) is 3.53. The third-order valence-electron chi connectivity index (χ3n) is 6.54. The number of hydrogen-bond donors (Lipinski definition) is 1. The second-order valence-corrected chi connectivity index (χ2v) is 8.45. The Hall–Kier alpha value is -3.94. The second-order valence-electron chi connectivity index (χ2n) is 8.45. The molecule has 3 aromatic carbocycles. The number of hydrogen-bond acceptors (Lipinski definition) is 8. The number of ether oxygens (including phenoxy) is 7. The van der Waals surface area contributed by atoms with E-state index in [1.165, 1.54) is 0 Å². The van der Waals surface area contributed by atoms with Crippen molar-refractivity contribution in [1.82, 2.24) is 0 Å². The SMILES string of the molecule is COc1ccc(N[C@@H]2Oc3cc4c(cc3[C@H](c3cc(OC)c(OC)c(OC)c3)[C@H]2C)OCO4)cc1. The summed E-state index contributed by atoms with van der Waals surface area (Å²) in [6, 6.07) is 15.7. The van der Waals surface area contributed by atoms with Gasteiger partial charge in [-0.15, -0.1) is 0 Å². The predicted octanol–water partition coefficient (Wildman–Crippen LogP) is 5.05. The van der Waals surface area contributed by atoms with Crippen LogP contribution in [0, 0.1) is 5.92 Å². The van der Waals surface area contributed by atoms with E-state index in [4.69, 9.17) is 33.2 Å². The highest BCUT2D eigenvalue weighted by Gasteiger charge is 2.39. The molecule has 5 rings (SSSR count). The number of benzene rings is 3. The van der Waals surface area contributed by atoms with Crippen LogP contribution < -0.4 is 38.5 Å². The summed E-state index contributed by atoms with van der Waals surface area (Å²) in [4.78, 5) is 0. The van der Waals surface area contributed by atoms with Crippen molar-refractivity contribution in [3.8, 4) is 40.2 Å². The molecular formula is C27H29NO7. The molecule has 2 aliphatic rings. The van der Waals surface area contributed by atoms with Crippen LogP contribution in [0.15, 0.2) is 48.5 Å². The van der Waals surface area contributed by atoms with Gasteiger partial charge in [0.05, 0.1) is 28.4 Å². The minimum Gasteiger partial charge on any atom is -0.497 e. The highest BCUT2D eigenvalue weighted by Crippen LogP contribution is 2.51. The third kappa shape index (κ3) is 4.09. The standard InChI is InChI=1S/C27H29NO7/c1-15-25(16-10-23(30-3)26(32-5)24(11-16)31-4)19-12-21-22(34-14-33-21)13-20(19)35-27(15)28-17-6-8-18(29-2)9-7-17/h6-13,15,25,27-28H,14H2,1-5H3/t15-,25+,27-/m1/s1. The van der Waals surface area contributed by atoms with Crippen molar-refractivity contribution in [2.24, 2.45) is 5.92 Å². The summed E-state index contributed by atoms with van der Waals surface area (Å²) in [5.74, 6) is 4.62. The number of methoxy groups -OCH3 is 4. The van der Waals surface area contributed by atoms with Gasteiger partial charge < -0.3 is 38.5 Å². The molecule has 0 aliphatic carbocycles. The van der Waals surface area contributed by atoms with Crippen LogP contribution in [0.2, 0.25) is 0 Å². The average molecular weight is 480 g/mol. The highest BCUT2D eigenvalue weighted by molar-refractivity contribution is 5.60. The average Bonchev–Trinajstić information content (AvgIpc) is 3.35. The molecular weight excluding hydrogens is 450 g/mol. The summed E-state index contributed by atoms with van der Waals surface area (Å²) in [6.45, 7) is 2.35. The highest BCUT2D eigenvalue weighted by atomic mass is 16.7. The maximum absolute atomic E-state index is 6.47. The summed E-state index contributed by atoms with van der Waals surface area (Å²) < 4.78 is 39.9. The maximum Gasteiger partial charge on any atom is 0.231 e. The van der Waals surface area contributed by atoms with Gasteiger partial charge in [-0.25, -0.2) is 0 Å². The molecule has 0 radical (unpaired) electrons. The number of fused-ring (bicyclic) bond motifs is 2. The maximum atomic E-state index is 6.47. The molecule has 184 valence electrons. The third-order valence-corrected chi connectivity index (χ3v) is 6.54. The summed E-state index contributed by atoms with van der Waals surface area (Å²) in [7, 11) is 6.49. The Morgan fingerprint density at radius 1 is 0.771 bits per heavy atom. The van der Waals surface area contributed by atoms with Crippen molar-refractivity contribution in [1.29, 1.82) is 0 Å². The normalized spacial score (nSPS) is 19.9. The molecule has 1 N–H and O–H groups in total. The van der Waals surface area contributed by atoms with Crippen LogP contribution in [0.4, 0.5) is 5.69 Å². The fraction of sp³-hybridized carbons (Fsp3) is 0.333. The molecule has 8 heteroatoms. The minimum absolute atomic E-state index is 0.0211. The first-order chi connectivity index (χ1) is 17.1. The van der Waals surface area contributed by atoms with E-state index < -0.39 is 0 Å². The summed E-state index contributed by atoms with van der Waals surface area (Å²) in [6.07, 6.45) is -0.319. The van der Waals surface area contributed by atoms with E-state index in [2.05, 4.69) is 12.2 Å². The van der Waals surface area contributed by atoms with Crippen LogP contribution in [0.1, 0.15) is 24.0 Å². The molecule has 0 spiro atoms. The van der Waals surface area contributed by atoms with Crippen molar-refractivity contribution in [3.05, 3.63) is 59.7 Å². The molecule has 0 aromatic heterocycles. The molecule has 2 heterocycles. The lowest BCUT2D eigenvalue weighted by Crippen LogP contribution is -2.40. The lowest BCUT2D eigenvalue weighted by molar-refractivity contribution is 0.134. The molecule has 2 aliphatic heterocycles. The number of rotatable bonds is 7. The van der Waals surface area contributed by atoms with Gasteiger partial charge in [0.1, 0.15) is 11.5 Å². The molecule has 0 amide bonds. The van der Waals surface area contributed by atoms with Crippen LogP contribution in [0.3, 0.4) is 0 Å². The molecule has 0 bridgehead atoms. The Balaban J connectivity index is 1.59. The van der Waals surface area contributed by atoms with Gasteiger partial charge >= 0.3 is 0 Å². The summed E-state index contributed by atoms with van der Waals surface area (Å²) >= 11 is 0. The van der Waals surface area contributed by atoms with Gasteiger partial charge in [-0.1, -0.05) is 6.92 Å². The summed E-state index contributed by atoms with van der Waals surface area (Å²) in [5.41, 5.74) is 2.94. The molecule has 0 unspecified atom stereocenters. The van der Waals surface area contributed by atoms with Crippen LogP contribution in [0.5, 0.6) is 40.2 Å². The molecule has 3 aromatic rings. The molecule has 0 saturated heterocycles. The largest absolute Gasteiger partial charge is 0.497 e. The van der Waals surface area contributed by atoms with Crippen LogP contribution in [-0.2, 0) is 0 Å². The van der Waals surface area contributed by atoms with Gasteiger partial charge in [0, 0.05) is 29.2 Å². The number of nitrogens with one attached hydrogen (secondary N) is 1. The Kier molecular flexibility index (Phi) is 6.11. The topological polar surface area (TPSA) is 76.6 Å². The first kappa shape index (κ1) is 22.8. The monoisotopic (exact) mass is 479 g/mol. The van der Waals surface area contributed by atoms with Gasteiger partial charge in [-0.3, -0.25) is 0 Å². The lowest BCUT2D eigenvalue weighted by Gasteiger charge is -2.39. The second kappa shape index (κ2) is 9.37. The van der Waals surface area contributed by atoms with E-state index in [1.807, 2.05) is 48.5 Å². The first-order valence-electron chi connectivity index (χ1n) is 11.4. The van der Waals surface area contributed by atoms with Crippen molar-refractivity contribution >= 4 is 5.69 Å². The Labute approximate surface area is 204 Å². The van der Waals surface area contributed by atoms with E-state index in [1.54, 1.807) is 28.4 Å². The number of anilines is 1. The molecule has 35 heavy (non-hydrogen) atoms. The molecule has 0 saturated carbocycles. The van der Waals surface area contributed by atoms with E-state index in [9.17, 15) is 0 Å². The van der Waals surface area contributed by atoms with Crippen molar-refractivity contribution in [2.75, 3.05) is 40.5 Å². The fourth-order valence-electron chi connectivity index (χ4n) is 4.76. The minimum atomic E-state index is -0.319. The fourth-order valence-corrected chi connectivity index (χ4v) is 4.76. The van der Waals surface area contributed by atoms with Gasteiger partial charge in [0.2, 0.25) is 12.5 Å². The van der Waals surface area contributed by atoms with Gasteiger partial charge in [-0.05, 0) is 48.0 Å². The van der Waals surface area contributed by atoms with E-state index in [-0.39, 0.29) is 24.9 Å². The van der Waals surface area contributed by atoms with Crippen molar-refractivity contribution in [3.63, 3.8) is 0 Å². The van der Waals surface area contributed by atoms with Crippen LogP contribution >= 0.6 is 0 Å². The van der Waals surface area contributed by atoms with E-state index in [0.717, 1.165) is 28.3 Å². The van der Waals surface area contributed by atoms with Crippen LogP contribution in [0.25, 0.3) is 0 Å². The van der Waals surface area contributed by atoms with Gasteiger partial charge in [0.25, 0.3) is 0 Å². The molecule has 3 atom stereocenters. The Bertz CT molecular complexity index is 1190. The zero-order valence-corrected chi connectivity index (χ0v) is 20.4. The van der Waals surface area contributed by atoms with Crippen molar-refractivity contribution < 1.29 is 33.2 Å². The quantitative estimate of drug-likeness (QED) is 0.505. The molecule has 0 fully saturated rings. The first-order valence-corrected chi connectivity index (χ1v) is 11.4. The smallest absolute Gasteiger partial charge is 0.231 e.